The number of aliphatic hydroxyl groups excluding tert-OH is 3. The number of hydrogen-bond donors (Lipinski definition) is 4. The fourth-order valence-electron chi connectivity index (χ4n) is 2.90. The van der Waals surface area contributed by atoms with Crippen molar-refractivity contribution in [1.82, 2.24) is 5.32 Å². The molecule has 22 heavy (non-hydrogen) atoms. The summed E-state index contributed by atoms with van der Waals surface area (Å²) < 4.78 is 11.1. The van der Waals surface area contributed by atoms with Crippen molar-refractivity contribution in [2.75, 3.05) is 18.6 Å². The lowest BCUT2D eigenvalue weighted by Crippen LogP contribution is -2.45. The van der Waals surface area contributed by atoms with Crippen LogP contribution in [0.5, 0.6) is 5.75 Å². The highest BCUT2D eigenvalue weighted by Gasteiger charge is 2.54. The van der Waals surface area contributed by atoms with Crippen molar-refractivity contribution in [3.8, 4) is 5.75 Å². The number of anilines is 1. The summed E-state index contributed by atoms with van der Waals surface area (Å²) in [7, 11) is 1.56. The van der Waals surface area contributed by atoms with Gasteiger partial charge >= 0.3 is 0 Å². The van der Waals surface area contributed by atoms with Crippen molar-refractivity contribution < 1.29 is 24.8 Å². The van der Waals surface area contributed by atoms with Crippen molar-refractivity contribution in [1.29, 1.82) is 0 Å². The zero-order valence-corrected chi connectivity index (χ0v) is 12.7. The van der Waals surface area contributed by atoms with Crippen LogP contribution < -0.4 is 15.0 Å². The van der Waals surface area contributed by atoms with Gasteiger partial charge in [-0.2, -0.15) is 0 Å². The van der Waals surface area contributed by atoms with Gasteiger partial charge in [-0.3, -0.25) is 4.90 Å². The summed E-state index contributed by atoms with van der Waals surface area (Å²) in [6.45, 7) is -0.486. The maximum atomic E-state index is 10.3. The molecule has 0 aliphatic carbocycles. The predicted octanol–water partition coefficient (Wildman–Crippen LogP) is -0.803. The molecule has 2 heterocycles. The number of methoxy groups -OCH3 is 1. The Morgan fingerprint density at radius 3 is 2.86 bits per heavy atom. The first-order valence-electron chi connectivity index (χ1n) is 6.93. The van der Waals surface area contributed by atoms with E-state index in [4.69, 9.17) is 26.8 Å². The Kier molecular flexibility index (Phi) is 4.20. The molecule has 3 rings (SSSR count). The van der Waals surface area contributed by atoms with Crippen LogP contribution in [0.4, 0.5) is 5.69 Å². The van der Waals surface area contributed by atoms with Gasteiger partial charge < -0.3 is 30.1 Å². The molecule has 7 nitrogen and oxygen atoms in total. The van der Waals surface area contributed by atoms with Gasteiger partial charge in [-0.05, 0) is 24.4 Å². The summed E-state index contributed by atoms with van der Waals surface area (Å²) >= 11 is 5.33. The fourth-order valence-corrected chi connectivity index (χ4v) is 3.24. The van der Waals surface area contributed by atoms with Crippen molar-refractivity contribution in [2.24, 2.45) is 0 Å². The molecule has 2 aliphatic rings. The third kappa shape index (κ3) is 2.33. The van der Waals surface area contributed by atoms with Gasteiger partial charge in [-0.25, -0.2) is 0 Å². The van der Waals surface area contributed by atoms with Gasteiger partial charge in [0, 0.05) is 0 Å². The molecule has 0 amide bonds. The number of para-hydroxylation sites is 2. The highest BCUT2D eigenvalue weighted by molar-refractivity contribution is 7.80. The summed E-state index contributed by atoms with van der Waals surface area (Å²) in [5.41, 5.74) is 0.710. The van der Waals surface area contributed by atoms with E-state index in [0.717, 1.165) is 0 Å². The molecule has 2 saturated heterocycles. The van der Waals surface area contributed by atoms with Gasteiger partial charge in [0.15, 0.2) is 11.3 Å². The van der Waals surface area contributed by atoms with Crippen LogP contribution in [0.25, 0.3) is 0 Å². The number of thiocarbonyl (C=S) groups is 1. The first-order valence-corrected chi connectivity index (χ1v) is 7.34. The van der Waals surface area contributed by atoms with E-state index in [-0.39, 0.29) is 0 Å². The first kappa shape index (κ1) is 15.4. The van der Waals surface area contributed by atoms with Crippen LogP contribution in [-0.2, 0) is 4.74 Å². The van der Waals surface area contributed by atoms with E-state index in [9.17, 15) is 10.2 Å². The number of rotatable bonds is 4. The minimum Gasteiger partial charge on any atom is -0.495 e. The molecule has 2 fully saturated rings. The van der Waals surface area contributed by atoms with E-state index in [1.54, 1.807) is 18.1 Å². The van der Waals surface area contributed by atoms with E-state index in [0.29, 0.717) is 16.5 Å². The molecular weight excluding hydrogens is 308 g/mol. The SMILES string of the molecule is COc1ccccc1N1C(=S)N[C@@H]2[C@@H](O)[C@@H]([C@H](O)CO)O[C@@H]21. The van der Waals surface area contributed by atoms with Gasteiger partial charge in [-0.15, -0.1) is 0 Å². The lowest BCUT2D eigenvalue weighted by Gasteiger charge is -2.27. The van der Waals surface area contributed by atoms with E-state index >= 15 is 0 Å². The third-order valence-electron chi connectivity index (χ3n) is 3.98. The van der Waals surface area contributed by atoms with Gasteiger partial charge in [0.05, 0.1) is 19.4 Å². The van der Waals surface area contributed by atoms with Crippen LogP contribution in [-0.4, -0.2) is 64.7 Å². The number of benzene rings is 1. The van der Waals surface area contributed by atoms with E-state index < -0.39 is 37.2 Å². The molecule has 0 radical (unpaired) electrons. The van der Waals surface area contributed by atoms with Crippen LogP contribution in [0.15, 0.2) is 24.3 Å². The average molecular weight is 326 g/mol. The Hall–Kier alpha value is -1.45. The van der Waals surface area contributed by atoms with Crippen molar-refractivity contribution in [2.45, 2.75) is 30.6 Å². The Morgan fingerprint density at radius 2 is 2.18 bits per heavy atom. The predicted molar refractivity (Wildman–Crippen MR) is 82.8 cm³/mol. The summed E-state index contributed by atoms with van der Waals surface area (Å²) in [4.78, 5) is 1.71. The van der Waals surface area contributed by atoms with E-state index in [1.807, 2.05) is 18.2 Å². The lowest BCUT2D eigenvalue weighted by molar-refractivity contribution is -0.0798. The van der Waals surface area contributed by atoms with Crippen LogP contribution in [0.3, 0.4) is 0 Å². The molecule has 120 valence electrons. The summed E-state index contributed by atoms with van der Waals surface area (Å²) in [5.74, 6) is 0.622. The smallest absolute Gasteiger partial charge is 0.176 e. The first-order chi connectivity index (χ1) is 10.6. The van der Waals surface area contributed by atoms with Crippen LogP contribution in [0, 0.1) is 0 Å². The topological polar surface area (TPSA) is 94.4 Å². The number of nitrogens with one attached hydrogen (secondary N) is 1. The molecule has 0 spiro atoms. The molecule has 1 aromatic rings. The molecule has 0 bridgehead atoms. The Labute approximate surface area is 133 Å². The molecule has 4 N–H and O–H groups in total. The van der Waals surface area contributed by atoms with Gasteiger partial charge in [-0.1, -0.05) is 12.1 Å². The quantitative estimate of drug-likeness (QED) is 0.534. The summed E-state index contributed by atoms with van der Waals surface area (Å²) in [6, 6.07) is 6.84. The Balaban J connectivity index is 1.92. The normalized spacial score (nSPS) is 31.8. The Morgan fingerprint density at radius 1 is 1.45 bits per heavy atom. The van der Waals surface area contributed by atoms with E-state index in [1.165, 1.54) is 0 Å². The number of ether oxygens (including phenoxy) is 2. The maximum Gasteiger partial charge on any atom is 0.176 e. The summed E-state index contributed by atoms with van der Waals surface area (Å²) in [5, 5.41) is 32.6. The molecule has 8 heteroatoms. The molecule has 2 aliphatic heterocycles. The van der Waals surface area contributed by atoms with Crippen LogP contribution >= 0.6 is 12.2 Å². The third-order valence-corrected chi connectivity index (χ3v) is 4.30. The van der Waals surface area contributed by atoms with Gasteiger partial charge in [0.1, 0.15) is 30.1 Å². The van der Waals surface area contributed by atoms with Crippen molar-refractivity contribution in [3.05, 3.63) is 24.3 Å². The highest BCUT2D eigenvalue weighted by Crippen LogP contribution is 2.37. The molecule has 5 atom stereocenters. The maximum absolute atomic E-state index is 10.3. The standard InChI is InChI=1S/C14H18N2O5S/c1-20-9-5-3-2-4-7(9)16-13-10(15-14(16)22)11(19)12(21-13)8(18)6-17/h2-5,8,10-13,17-19H,6H2,1H3,(H,15,22)/t8-,10-,11-,12-,13+/m1/s1. The second-order valence-electron chi connectivity index (χ2n) is 5.25. The van der Waals surface area contributed by atoms with Gasteiger partial charge in [0.25, 0.3) is 0 Å². The van der Waals surface area contributed by atoms with Crippen molar-refractivity contribution in [3.63, 3.8) is 0 Å². The highest BCUT2D eigenvalue weighted by atomic mass is 32.1. The molecule has 0 unspecified atom stereocenters. The van der Waals surface area contributed by atoms with Crippen molar-refractivity contribution >= 4 is 23.0 Å². The van der Waals surface area contributed by atoms with E-state index in [2.05, 4.69) is 5.32 Å². The number of aliphatic hydroxyl groups is 3. The van der Waals surface area contributed by atoms with Crippen LogP contribution in [0.2, 0.25) is 0 Å². The largest absolute Gasteiger partial charge is 0.495 e. The Bertz CT molecular complexity index is 572. The second kappa shape index (κ2) is 5.98. The molecular formula is C14H18N2O5S. The minimum absolute atomic E-state index is 0.412. The minimum atomic E-state index is -1.16. The zero-order chi connectivity index (χ0) is 15.9. The number of nitrogens with zero attached hydrogens (tertiary/aromatic N) is 1. The number of hydrogen-bond acceptors (Lipinski definition) is 6. The average Bonchev–Trinajstić information content (AvgIpc) is 3.02. The van der Waals surface area contributed by atoms with Gasteiger partial charge in [0.2, 0.25) is 0 Å². The summed E-state index contributed by atoms with van der Waals surface area (Å²) in [6.07, 6.45) is -3.60. The molecule has 0 saturated carbocycles. The second-order valence-corrected chi connectivity index (χ2v) is 5.64. The zero-order valence-electron chi connectivity index (χ0n) is 11.9. The molecule has 0 aromatic heterocycles. The molecule has 1 aromatic carbocycles. The lowest BCUT2D eigenvalue weighted by atomic mass is 10.0. The number of fused-ring (bicyclic) bond motifs is 1. The fraction of sp³-hybridized carbons (Fsp3) is 0.500. The monoisotopic (exact) mass is 326 g/mol. The van der Waals surface area contributed by atoms with Crippen LogP contribution in [0.1, 0.15) is 0 Å².